The number of hydrogen-bond acceptors (Lipinski definition) is 2. The lowest BCUT2D eigenvalue weighted by atomic mass is 10.1. The summed E-state index contributed by atoms with van der Waals surface area (Å²) < 4.78 is 4.85. The van der Waals surface area contributed by atoms with Gasteiger partial charge in [-0.05, 0) is 25.7 Å². The number of ether oxygens (including phenoxy) is 1. The molecule has 0 aromatic rings. The molecule has 0 heterocycles. The molecule has 100 valence electrons. The van der Waals surface area contributed by atoms with Gasteiger partial charge < -0.3 is 4.74 Å². The molecule has 0 rings (SSSR count). The van der Waals surface area contributed by atoms with Crippen LogP contribution in [0.4, 0.5) is 0 Å². The molecule has 0 spiro atoms. The molecular weight excluding hydrogens is 212 g/mol. The SMILES string of the molecule is CCCCCCCCC=CCCCOC(C)=O. The standard InChI is InChI=1S/C15H28O2/c1-3-4-5-6-7-8-9-10-11-12-13-14-17-15(2)16/h10-11H,3-9,12-14H2,1-2H3. The van der Waals surface area contributed by atoms with Crippen LogP contribution < -0.4 is 0 Å². The third kappa shape index (κ3) is 15.2. The fourth-order valence-corrected chi connectivity index (χ4v) is 1.70. The first-order chi connectivity index (χ1) is 8.27. The summed E-state index contributed by atoms with van der Waals surface area (Å²) in [6, 6.07) is 0. The molecule has 0 fully saturated rings. The highest BCUT2D eigenvalue weighted by molar-refractivity contribution is 5.65. The van der Waals surface area contributed by atoms with Gasteiger partial charge in [-0.15, -0.1) is 0 Å². The molecule has 0 saturated carbocycles. The number of hydrogen-bond donors (Lipinski definition) is 0. The first kappa shape index (κ1) is 16.2. The maximum atomic E-state index is 10.5. The number of unbranched alkanes of at least 4 members (excludes halogenated alkanes) is 7. The maximum Gasteiger partial charge on any atom is 0.302 e. The van der Waals surface area contributed by atoms with E-state index >= 15 is 0 Å². The van der Waals surface area contributed by atoms with Gasteiger partial charge in [-0.1, -0.05) is 51.2 Å². The third-order valence-corrected chi connectivity index (χ3v) is 2.71. The smallest absolute Gasteiger partial charge is 0.302 e. The molecule has 0 aromatic carbocycles. The van der Waals surface area contributed by atoms with Crippen molar-refractivity contribution in [1.82, 2.24) is 0 Å². The second-order valence-corrected chi connectivity index (χ2v) is 4.51. The molecule has 0 aliphatic rings. The number of esters is 1. The van der Waals surface area contributed by atoms with Gasteiger partial charge in [0, 0.05) is 6.92 Å². The van der Waals surface area contributed by atoms with Crippen molar-refractivity contribution in [3.8, 4) is 0 Å². The quantitative estimate of drug-likeness (QED) is 0.299. The Kier molecular flexibility index (Phi) is 12.7. The van der Waals surface area contributed by atoms with E-state index in [0.717, 1.165) is 12.8 Å². The molecule has 0 bridgehead atoms. The van der Waals surface area contributed by atoms with E-state index in [1.807, 2.05) is 0 Å². The van der Waals surface area contributed by atoms with E-state index in [-0.39, 0.29) is 5.97 Å². The van der Waals surface area contributed by atoms with Gasteiger partial charge in [0.15, 0.2) is 0 Å². The average Bonchev–Trinajstić information content (AvgIpc) is 2.30. The van der Waals surface area contributed by atoms with Crippen molar-refractivity contribution in [2.45, 2.75) is 71.6 Å². The van der Waals surface area contributed by atoms with Crippen molar-refractivity contribution in [2.75, 3.05) is 6.61 Å². The molecule has 0 aromatic heterocycles. The summed E-state index contributed by atoms with van der Waals surface area (Å²) in [5.41, 5.74) is 0. The van der Waals surface area contributed by atoms with Gasteiger partial charge in [0.1, 0.15) is 0 Å². The Hall–Kier alpha value is -0.790. The molecule has 0 aliphatic heterocycles. The lowest BCUT2D eigenvalue weighted by Crippen LogP contribution is -1.99. The van der Waals surface area contributed by atoms with Crippen LogP contribution in [-0.2, 0) is 9.53 Å². The van der Waals surface area contributed by atoms with Crippen molar-refractivity contribution in [2.24, 2.45) is 0 Å². The Morgan fingerprint density at radius 3 is 2.18 bits per heavy atom. The number of carbonyl (C=O) groups is 1. The van der Waals surface area contributed by atoms with Gasteiger partial charge in [0.25, 0.3) is 0 Å². The molecule has 0 saturated heterocycles. The van der Waals surface area contributed by atoms with Crippen LogP contribution in [0.2, 0.25) is 0 Å². The van der Waals surface area contributed by atoms with Crippen LogP contribution in [0, 0.1) is 0 Å². The molecule has 0 aliphatic carbocycles. The molecule has 0 atom stereocenters. The zero-order chi connectivity index (χ0) is 12.8. The molecule has 0 N–H and O–H groups in total. The molecular formula is C15H28O2. The summed E-state index contributed by atoms with van der Waals surface area (Å²) in [7, 11) is 0. The largest absolute Gasteiger partial charge is 0.466 e. The van der Waals surface area contributed by atoms with E-state index in [0.29, 0.717) is 6.61 Å². The highest BCUT2D eigenvalue weighted by Crippen LogP contribution is 2.07. The summed E-state index contributed by atoms with van der Waals surface area (Å²) >= 11 is 0. The van der Waals surface area contributed by atoms with E-state index in [2.05, 4.69) is 19.1 Å². The Morgan fingerprint density at radius 1 is 0.941 bits per heavy atom. The van der Waals surface area contributed by atoms with Crippen molar-refractivity contribution in [3.05, 3.63) is 12.2 Å². The van der Waals surface area contributed by atoms with Gasteiger partial charge in [-0.2, -0.15) is 0 Å². The Labute approximate surface area is 106 Å². The van der Waals surface area contributed by atoms with Crippen molar-refractivity contribution in [1.29, 1.82) is 0 Å². The van der Waals surface area contributed by atoms with Gasteiger partial charge in [-0.3, -0.25) is 4.79 Å². The van der Waals surface area contributed by atoms with Crippen LogP contribution in [0.25, 0.3) is 0 Å². The molecule has 0 unspecified atom stereocenters. The van der Waals surface area contributed by atoms with Gasteiger partial charge in [-0.25, -0.2) is 0 Å². The topological polar surface area (TPSA) is 26.3 Å². The summed E-state index contributed by atoms with van der Waals surface area (Å²) in [5.74, 6) is -0.180. The number of allylic oxidation sites excluding steroid dienone is 2. The zero-order valence-electron chi connectivity index (χ0n) is 11.5. The fourth-order valence-electron chi connectivity index (χ4n) is 1.70. The fraction of sp³-hybridized carbons (Fsp3) is 0.800. The minimum Gasteiger partial charge on any atom is -0.466 e. The lowest BCUT2D eigenvalue weighted by molar-refractivity contribution is -0.141. The molecule has 0 amide bonds. The predicted molar refractivity (Wildman–Crippen MR) is 73.0 cm³/mol. The first-order valence-electron chi connectivity index (χ1n) is 7.05. The third-order valence-electron chi connectivity index (χ3n) is 2.71. The molecule has 17 heavy (non-hydrogen) atoms. The van der Waals surface area contributed by atoms with Crippen LogP contribution >= 0.6 is 0 Å². The van der Waals surface area contributed by atoms with E-state index < -0.39 is 0 Å². The van der Waals surface area contributed by atoms with Crippen LogP contribution in [0.1, 0.15) is 71.6 Å². The van der Waals surface area contributed by atoms with Gasteiger partial charge >= 0.3 is 5.97 Å². The van der Waals surface area contributed by atoms with Crippen LogP contribution in [0.15, 0.2) is 12.2 Å². The van der Waals surface area contributed by atoms with Crippen molar-refractivity contribution >= 4 is 5.97 Å². The van der Waals surface area contributed by atoms with Crippen LogP contribution in [0.5, 0.6) is 0 Å². The second kappa shape index (κ2) is 13.3. The Morgan fingerprint density at radius 2 is 1.53 bits per heavy atom. The first-order valence-corrected chi connectivity index (χ1v) is 7.05. The minimum absolute atomic E-state index is 0.180. The lowest BCUT2D eigenvalue weighted by Gasteiger charge is -1.99. The summed E-state index contributed by atoms with van der Waals surface area (Å²) in [5, 5.41) is 0. The summed E-state index contributed by atoms with van der Waals surface area (Å²) in [6.07, 6.45) is 15.8. The monoisotopic (exact) mass is 240 g/mol. The predicted octanol–water partition coefficient (Wildman–Crippen LogP) is 4.64. The van der Waals surface area contributed by atoms with Crippen molar-refractivity contribution in [3.63, 3.8) is 0 Å². The Bertz CT molecular complexity index is 197. The highest BCUT2D eigenvalue weighted by Gasteiger charge is 1.90. The molecule has 2 heteroatoms. The van der Waals surface area contributed by atoms with E-state index in [1.165, 1.54) is 51.9 Å². The highest BCUT2D eigenvalue weighted by atomic mass is 16.5. The summed E-state index contributed by atoms with van der Waals surface area (Å²) in [4.78, 5) is 10.5. The summed E-state index contributed by atoms with van der Waals surface area (Å²) in [6.45, 7) is 4.25. The average molecular weight is 240 g/mol. The van der Waals surface area contributed by atoms with Crippen molar-refractivity contribution < 1.29 is 9.53 Å². The molecule has 0 radical (unpaired) electrons. The van der Waals surface area contributed by atoms with E-state index in [4.69, 9.17) is 4.74 Å². The van der Waals surface area contributed by atoms with Gasteiger partial charge in [0.2, 0.25) is 0 Å². The maximum absolute atomic E-state index is 10.5. The second-order valence-electron chi connectivity index (χ2n) is 4.51. The zero-order valence-corrected chi connectivity index (χ0v) is 11.5. The number of carbonyl (C=O) groups excluding carboxylic acids is 1. The van der Waals surface area contributed by atoms with Gasteiger partial charge in [0.05, 0.1) is 6.61 Å². The van der Waals surface area contributed by atoms with Crippen LogP contribution in [-0.4, -0.2) is 12.6 Å². The Balaban J connectivity index is 3.07. The number of rotatable bonds is 11. The van der Waals surface area contributed by atoms with E-state index in [1.54, 1.807) is 0 Å². The minimum atomic E-state index is -0.180. The van der Waals surface area contributed by atoms with Crippen LogP contribution in [0.3, 0.4) is 0 Å². The molecule has 2 nitrogen and oxygen atoms in total. The van der Waals surface area contributed by atoms with E-state index in [9.17, 15) is 4.79 Å². The normalized spacial score (nSPS) is 10.9.